The van der Waals surface area contributed by atoms with Crippen molar-refractivity contribution >= 4 is 5.91 Å². The van der Waals surface area contributed by atoms with Gasteiger partial charge in [-0.2, -0.15) is 0 Å². The van der Waals surface area contributed by atoms with Gasteiger partial charge in [0.2, 0.25) is 5.43 Å². The highest BCUT2D eigenvalue weighted by Gasteiger charge is 2.14. The van der Waals surface area contributed by atoms with Crippen LogP contribution in [0.3, 0.4) is 0 Å². The van der Waals surface area contributed by atoms with Crippen molar-refractivity contribution < 1.29 is 14.3 Å². The first-order valence-electron chi connectivity index (χ1n) is 4.24. The highest BCUT2D eigenvalue weighted by atomic mass is 16.4. The van der Waals surface area contributed by atoms with E-state index in [2.05, 4.69) is 6.58 Å². The molecule has 1 aromatic rings. The van der Waals surface area contributed by atoms with Gasteiger partial charge in [-0.25, -0.2) is 0 Å². The molecule has 5 heteroatoms. The van der Waals surface area contributed by atoms with E-state index in [0.29, 0.717) is 6.54 Å². The van der Waals surface area contributed by atoms with Gasteiger partial charge < -0.3 is 14.4 Å². The molecule has 0 unspecified atom stereocenters. The van der Waals surface area contributed by atoms with Gasteiger partial charge in [0, 0.05) is 19.7 Å². The van der Waals surface area contributed by atoms with Crippen molar-refractivity contribution in [1.82, 2.24) is 4.90 Å². The molecule has 5 nitrogen and oxygen atoms in total. The molecule has 0 aliphatic rings. The Bertz CT molecular complexity index is 435. The Hall–Kier alpha value is -2.04. The number of likely N-dealkylation sites (N-methyl/N-ethyl adjacent to an activating group) is 1. The first kappa shape index (κ1) is 11.0. The fourth-order valence-corrected chi connectivity index (χ4v) is 0.981. The van der Waals surface area contributed by atoms with Gasteiger partial charge in [-0.15, -0.1) is 6.58 Å². The molecular formula is C10H11NO4. The van der Waals surface area contributed by atoms with Crippen molar-refractivity contribution in [3.8, 4) is 5.75 Å². The first-order valence-corrected chi connectivity index (χ1v) is 4.24. The van der Waals surface area contributed by atoms with Crippen molar-refractivity contribution in [2.24, 2.45) is 0 Å². The molecule has 0 aromatic carbocycles. The molecule has 0 aliphatic carbocycles. The second kappa shape index (κ2) is 4.45. The Balaban J connectivity index is 2.96. The van der Waals surface area contributed by atoms with E-state index >= 15 is 0 Å². The fourth-order valence-electron chi connectivity index (χ4n) is 0.981. The van der Waals surface area contributed by atoms with Crippen molar-refractivity contribution in [1.29, 1.82) is 0 Å². The summed E-state index contributed by atoms with van der Waals surface area (Å²) in [6, 6.07) is 0.956. The molecule has 0 aliphatic heterocycles. The van der Waals surface area contributed by atoms with Crippen molar-refractivity contribution in [2.75, 3.05) is 13.6 Å². The monoisotopic (exact) mass is 209 g/mol. The lowest BCUT2D eigenvalue weighted by molar-refractivity contribution is 0.0775. The number of rotatable bonds is 3. The standard InChI is InChI=1S/C10H11NO4/c1-3-4-11(2)10(14)9-5-7(12)8(13)6-15-9/h3,5-6,13H,1,4H2,2H3. The molecule has 1 heterocycles. The van der Waals surface area contributed by atoms with Crippen molar-refractivity contribution in [3.05, 3.63) is 41.0 Å². The van der Waals surface area contributed by atoms with Crippen molar-refractivity contribution in [3.63, 3.8) is 0 Å². The Morgan fingerprint density at radius 1 is 1.73 bits per heavy atom. The lowest BCUT2D eigenvalue weighted by atomic mass is 10.3. The van der Waals surface area contributed by atoms with Crippen LogP contribution in [0.2, 0.25) is 0 Å². The highest BCUT2D eigenvalue weighted by Crippen LogP contribution is 2.05. The van der Waals surface area contributed by atoms with Crippen molar-refractivity contribution in [2.45, 2.75) is 0 Å². The zero-order valence-electron chi connectivity index (χ0n) is 8.27. The van der Waals surface area contributed by atoms with Gasteiger partial charge in [-0.3, -0.25) is 9.59 Å². The maximum Gasteiger partial charge on any atom is 0.289 e. The number of hydrogen-bond donors (Lipinski definition) is 1. The average molecular weight is 209 g/mol. The van der Waals surface area contributed by atoms with E-state index < -0.39 is 17.1 Å². The molecular weight excluding hydrogens is 198 g/mol. The summed E-state index contributed by atoms with van der Waals surface area (Å²) in [5.41, 5.74) is -0.642. The Kier molecular flexibility index (Phi) is 3.28. The molecule has 0 spiro atoms. The minimum Gasteiger partial charge on any atom is -0.502 e. The van der Waals surface area contributed by atoms with Crippen LogP contribution >= 0.6 is 0 Å². The number of amides is 1. The van der Waals surface area contributed by atoms with Gasteiger partial charge in [0.1, 0.15) is 6.26 Å². The quantitative estimate of drug-likeness (QED) is 0.740. The minimum absolute atomic E-state index is 0.109. The zero-order valence-corrected chi connectivity index (χ0v) is 8.27. The average Bonchev–Trinajstić information content (AvgIpc) is 2.21. The molecule has 0 saturated carbocycles. The largest absolute Gasteiger partial charge is 0.502 e. The Labute approximate surface area is 86.2 Å². The van der Waals surface area contributed by atoms with Crippen LogP contribution in [-0.4, -0.2) is 29.5 Å². The number of aromatic hydroxyl groups is 1. The number of carbonyl (C=O) groups is 1. The summed E-state index contributed by atoms with van der Waals surface area (Å²) in [6.45, 7) is 3.83. The van der Waals surface area contributed by atoms with Crippen LogP contribution < -0.4 is 5.43 Å². The predicted molar refractivity (Wildman–Crippen MR) is 53.8 cm³/mol. The number of carbonyl (C=O) groups excluding carboxylic acids is 1. The molecule has 1 rings (SSSR count). The molecule has 15 heavy (non-hydrogen) atoms. The second-order valence-corrected chi connectivity index (χ2v) is 2.97. The summed E-state index contributed by atoms with van der Waals surface area (Å²) in [5.74, 6) is -1.06. The van der Waals surface area contributed by atoms with Gasteiger partial charge in [0.25, 0.3) is 5.91 Å². The third-order valence-electron chi connectivity index (χ3n) is 1.77. The van der Waals surface area contributed by atoms with E-state index in [4.69, 9.17) is 9.52 Å². The summed E-state index contributed by atoms with van der Waals surface area (Å²) in [6.07, 6.45) is 2.40. The third kappa shape index (κ3) is 2.46. The lowest BCUT2D eigenvalue weighted by Crippen LogP contribution is -2.27. The molecule has 1 amide bonds. The van der Waals surface area contributed by atoms with E-state index in [-0.39, 0.29) is 5.76 Å². The molecule has 0 fully saturated rings. The van der Waals surface area contributed by atoms with Crippen LogP contribution in [0.25, 0.3) is 0 Å². The van der Waals surface area contributed by atoms with E-state index in [0.717, 1.165) is 12.3 Å². The topological polar surface area (TPSA) is 70.8 Å². The highest BCUT2D eigenvalue weighted by molar-refractivity contribution is 5.91. The molecule has 80 valence electrons. The fraction of sp³-hybridized carbons (Fsp3) is 0.200. The summed E-state index contributed by atoms with van der Waals surface area (Å²) in [7, 11) is 1.55. The summed E-state index contributed by atoms with van der Waals surface area (Å²) < 4.78 is 4.79. The molecule has 1 N–H and O–H groups in total. The predicted octanol–water partition coefficient (Wildman–Crippen LogP) is 0.603. The second-order valence-electron chi connectivity index (χ2n) is 2.97. The molecule has 1 aromatic heterocycles. The SMILES string of the molecule is C=CCN(C)C(=O)c1cc(=O)c(O)co1. The number of nitrogens with zero attached hydrogens (tertiary/aromatic N) is 1. The van der Waals surface area contributed by atoms with Gasteiger partial charge in [-0.1, -0.05) is 6.08 Å². The Morgan fingerprint density at radius 2 is 2.40 bits per heavy atom. The van der Waals surface area contributed by atoms with Gasteiger partial charge in [0.15, 0.2) is 11.5 Å². The van der Waals surface area contributed by atoms with Gasteiger partial charge in [-0.05, 0) is 0 Å². The first-order chi connectivity index (χ1) is 7.06. The smallest absolute Gasteiger partial charge is 0.289 e. The van der Waals surface area contributed by atoms with Crippen LogP contribution in [0.5, 0.6) is 5.75 Å². The molecule has 0 saturated heterocycles. The molecule has 0 bridgehead atoms. The third-order valence-corrected chi connectivity index (χ3v) is 1.77. The van der Waals surface area contributed by atoms with E-state index in [1.54, 1.807) is 13.1 Å². The Morgan fingerprint density at radius 3 is 2.93 bits per heavy atom. The van der Waals surface area contributed by atoms with Crippen LogP contribution in [0.15, 0.2) is 34.2 Å². The van der Waals surface area contributed by atoms with E-state index in [1.807, 2.05) is 0 Å². The maximum absolute atomic E-state index is 11.6. The van der Waals surface area contributed by atoms with Gasteiger partial charge in [0.05, 0.1) is 0 Å². The van der Waals surface area contributed by atoms with Gasteiger partial charge >= 0.3 is 0 Å². The summed E-state index contributed by atoms with van der Waals surface area (Å²) in [4.78, 5) is 23.9. The van der Waals surface area contributed by atoms with Crippen LogP contribution in [0.1, 0.15) is 10.6 Å². The lowest BCUT2D eigenvalue weighted by Gasteiger charge is -2.13. The number of hydrogen-bond acceptors (Lipinski definition) is 4. The molecule has 0 radical (unpaired) electrons. The summed E-state index contributed by atoms with van der Waals surface area (Å²) >= 11 is 0. The van der Waals surface area contributed by atoms with Crippen LogP contribution in [0, 0.1) is 0 Å². The summed E-state index contributed by atoms with van der Waals surface area (Å²) in [5, 5.41) is 8.92. The maximum atomic E-state index is 11.6. The minimum atomic E-state index is -0.642. The molecule has 0 atom stereocenters. The van der Waals surface area contributed by atoms with Crippen LogP contribution in [0.4, 0.5) is 0 Å². The normalized spacial score (nSPS) is 9.67. The van der Waals surface area contributed by atoms with E-state index in [1.165, 1.54) is 4.90 Å². The van der Waals surface area contributed by atoms with E-state index in [9.17, 15) is 9.59 Å². The zero-order chi connectivity index (χ0) is 11.4. The van der Waals surface area contributed by atoms with Crippen LogP contribution in [-0.2, 0) is 0 Å².